The van der Waals surface area contributed by atoms with Gasteiger partial charge in [-0.3, -0.25) is 10.1 Å². The number of nitrogens with one attached hydrogen (secondary N) is 1. The highest BCUT2D eigenvalue weighted by Crippen LogP contribution is 2.38. The van der Waals surface area contributed by atoms with Crippen LogP contribution in [-0.4, -0.2) is 33.0 Å². The lowest BCUT2D eigenvalue weighted by molar-refractivity contribution is -0.384. The van der Waals surface area contributed by atoms with Crippen molar-refractivity contribution in [2.75, 3.05) is 5.32 Å². The fourth-order valence-corrected chi connectivity index (χ4v) is 3.29. The Morgan fingerprint density at radius 3 is 2.90 bits per heavy atom. The number of aryl methyl sites for hydroxylation is 2. The Bertz CT molecular complexity index is 528. The standard InChI is InChI=1S/C13H20N4O3/c1-3-4-9-12(17(18)19)13(16(2)15-9)14-10-7-8-5-6-11(10)20-8/h8,10-11,14H,3-7H2,1-2H3. The summed E-state index contributed by atoms with van der Waals surface area (Å²) in [7, 11) is 1.75. The molecule has 7 nitrogen and oxygen atoms in total. The number of nitro groups is 1. The molecule has 110 valence electrons. The number of ether oxygens (including phenoxy) is 1. The Kier molecular flexibility index (Phi) is 3.37. The minimum absolute atomic E-state index is 0.122. The highest BCUT2D eigenvalue weighted by Gasteiger charge is 2.42. The smallest absolute Gasteiger partial charge is 0.334 e. The van der Waals surface area contributed by atoms with Crippen LogP contribution in [0.3, 0.4) is 0 Å². The summed E-state index contributed by atoms with van der Waals surface area (Å²) in [6.45, 7) is 2.00. The van der Waals surface area contributed by atoms with Crippen molar-refractivity contribution in [2.45, 2.75) is 57.3 Å². The van der Waals surface area contributed by atoms with Crippen molar-refractivity contribution in [2.24, 2.45) is 7.05 Å². The minimum atomic E-state index is -0.325. The van der Waals surface area contributed by atoms with E-state index in [0.29, 0.717) is 24.0 Å². The number of anilines is 1. The van der Waals surface area contributed by atoms with Gasteiger partial charge in [-0.15, -0.1) is 0 Å². The molecule has 2 aliphatic heterocycles. The SMILES string of the molecule is CCCc1nn(C)c(NC2CC3CCC2O3)c1[N+](=O)[O-]. The molecule has 3 atom stereocenters. The monoisotopic (exact) mass is 280 g/mol. The second-order valence-corrected chi connectivity index (χ2v) is 5.64. The van der Waals surface area contributed by atoms with E-state index < -0.39 is 0 Å². The van der Waals surface area contributed by atoms with Crippen LogP contribution in [-0.2, 0) is 18.2 Å². The Morgan fingerprint density at radius 2 is 2.35 bits per heavy atom. The average Bonchev–Trinajstić information content (AvgIpc) is 3.06. The molecule has 0 radical (unpaired) electrons. The first kappa shape index (κ1) is 13.4. The van der Waals surface area contributed by atoms with Gasteiger partial charge in [0.2, 0.25) is 5.82 Å². The summed E-state index contributed by atoms with van der Waals surface area (Å²) in [5.74, 6) is 0.514. The summed E-state index contributed by atoms with van der Waals surface area (Å²) >= 11 is 0. The third-order valence-corrected chi connectivity index (χ3v) is 4.19. The lowest BCUT2D eigenvalue weighted by Gasteiger charge is -2.20. The summed E-state index contributed by atoms with van der Waals surface area (Å²) in [6.07, 6.45) is 5.04. The molecule has 0 amide bonds. The van der Waals surface area contributed by atoms with Crippen LogP contribution in [0.1, 0.15) is 38.3 Å². The molecule has 1 aromatic rings. The normalized spacial score (nSPS) is 28.0. The molecule has 0 aliphatic carbocycles. The zero-order valence-corrected chi connectivity index (χ0v) is 11.8. The maximum atomic E-state index is 11.3. The predicted octanol–water partition coefficient (Wildman–Crippen LogP) is 2.01. The Morgan fingerprint density at radius 1 is 1.55 bits per heavy atom. The van der Waals surface area contributed by atoms with Crippen molar-refractivity contribution in [3.05, 3.63) is 15.8 Å². The number of fused-ring (bicyclic) bond motifs is 2. The molecule has 0 saturated carbocycles. The first-order valence-electron chi connectivity index (χ1n) is 7.22. The van der Waals surface area contributed by atoms with Crippen molar-refractivity contribution < 1.29 is 9.66 Å². The third kappa shape index (κ3) is 2.15. The maximum absolute atomic E-state index is 11.3. The molecule has 0 aromatic carbocycles. The van der Waals surface area contributed by atoms with Crippen LogP contribution >= 0.6 is 0 Å². The van der Waals surface area contributed by atoms with Crippen LogP contribution in [0.5, 0.6) is 0 Å². The molecule has 3 heterocycles. The van der Waals surface area contributed by atoms with E-state index in [2.05, 4.69) is 10.4 Å². The summed E-state index contributed by atoms with van der Waals surface area (Å²) in [5, 5.41) is 18.9. The van der Waals surface area contributed by atoms with Gasteiger partial charge in [-0.2, -0.15) is 5.10 Å². The molecular weight excluding hydrogens is 260 g/mol. The van der Waals surface area contributed by atoms with E-state index in [1.807, 2.05) is 6.92 Å². The van der Waals surface area contributed by atoms with Crippen LogP contribution < -0.4 is 5.32 Å². The molecule has 0 spiro atoms. The van der Waals surface area contributed by atoms with Gasteiger partial charge in [-0.25, -0.2) is 4.68 Å². The second kappa shape index (κ2) is 5.05. The van der Waals surface area contributed by atoms with Crippen molar-refractivity contribution in [1.29, 1.82) is 0 Å². The lowest BCUT2D eigenvalue weighted by Crippen LogP contribution is -2.31. The molecule has 20 heavy (non-hydrogen) atoms. The van der Waals surface area contributed by atoms with Gasteiger partial charge in [-0.05, 0) is 25.7 Å². The molecule has 2 aliphatic rings. The number of nitrogens with zero attached hydrogens (tertiary/aromatic N) is 3. The Labute approximate surface area is 117 Å². The predicted molar refractivity (Wildman–Crippen MR) is 73.8 cm³/mol. The fourth-order valence-electron chi connectivity index (χ4n) is 3.29. The van der Waals surface area contributed by atoms with Crippen LogP contribution in [0.2, 0.25) is 0 Å². The molecule has 3 rings (SSSR count). The van der Waals surface area contributed by atoms with Crippen molar-refractivity contribution in [3.8, 4) is 0 Å². The first-order valence-corrected chi connectivity index (χ1v) is 7.22. The fraction of sp³-hybridized carbons (Fsp3) is 0.769. The van der Waals surface area contributed by atoms with E-state index in [0.717, 1.165) is 25.7 Å². The van der Waals surface area contributed by atoms with Gasteiger partial charge in [0.1, 0.15) is 5.69 Å². The largest absolute Gasteiger partial charge is 0.373 e. The molecule has 1 N–H and O–H groups in total. The third-order valence-electron chi connectivity index (χ3n) is 4.19. The zero-order chi connectivity index (χ0) is 14.3. The lowest BCUT2D eigenvalue weighted by atomic mass is 9.95. The quantitative estimate of drug-likeness (QED) is 0.659. The van der Waals surface area contributed by atoms with Crippen LogP contribution in [0.4, 0.5) is 11.5 Å². The molecule has 2 saturated heterocycles. The summed E-state index contributed by atoms with van der Waals surface area (Å²) in [6, 6.07) is 0.164. The number of hydrogen-bond donors (Lipinski definition) is 1. The summed E-state index contributed by atoms with van der Waals surface area (Å²) in [4.78, 5) is 11.0. The Hall–Kier alpha value is -1.63. The molecule has 1 aromatic heterocycles. The number of rotatable bonds is 5. The van der Waals surface area contributed by atoms with Crippen molar-refractivity contribution in [3.63, 3.8) is 0 Å². The van der Waals surface area contributed by atoms with E-state index in [1.54, 1.807) is 11.7 Å². The van der Waals surface area contributed by atoms with E-state index >= 15 is 0 Å². The molecule has 2 fully saturated rings. The average molecular weight is 280 g/mol. The Balaban J connectivity index is 1.86. The van der Waals surface area contributed by atoms with Gasteiger partial charge in [-0.1, -0.05) is 13.3 Å². The molecule has 7 heteroatoms. The second-order valence-electron chi connectivity index (χ2n) is 5.64. The van der Waals surface area contributed by atoms with E-state index in [1.165, 1.54) is 0 Å². The van der Waals surface area contributed by atoms with Gasteiger partial charge < -0.3 is 10.1 Å². The minimum Gasteiger partial charge on any atom is -0.373 e. The van der Waals surface area contributed by atoms with E-state index in [-0.39, 0.29) is 22.8 Å². The first-order chi connectivity index (χ1) is 9.60. The van der Waals surface area contributed by atoms with Gasteiger partial charge in [0.25, 0.3) is 0 Å². The van der Waals surface area contributed by atoms with E-state index in [9.17, 15) is 10.1 Å². The van der Waals surface area contributed by atoms with Crippen molar-refractivity contribution >= 4 is 11.5 Å². The van der Waals surface area contributed by atoms with Gasteiger partial charge >= 0.3 is 5.69 Å². The number of hydrogen-bond acceptors (Lipinski definition) is 5. The van der Waals surface area contributed by atoms with E-state index in [4.69, 9.17) is 4.74 Å². The maximum Gasteiger partial charge on any atom is 0.334 e. The zero-order valence-electron chi connectivity index (χ0n) is 11.8. The summed E-state index contributed by atoms with van der Waals surface area (Å²) < 4.78 is 7.38. The van der Waals surface area contributed by atoms with Gasteiger partial charge in [0, 0.05) is 7.05 Å². The molecule has 2 bridgehead atoms. The van der Waals surface area contributed by atoms with Crippen LogP contribution in [0.25, 0.3) is 0 Å². The number of aromatic nitrogens is 2. The van der Waals surface area contributed by atoms with Gasteiger partial charge in [0.15, 0.2) is 0 Å². The van der Waals surface area contributed by atoms with Crippen molar-refractivity contribution in [1.82, 2.24) is 9.78 Å². The van der Waals surface area contributed by atoms with Crippen LogP contribution in [0, 0.1) is 10.1 Å². The van der Waals surface area contributed by atoms with Gasteiger partial charge in [0.05, 0.1) is 23.2 Å². The highest BCUT2D eigenvalue weighted by atomic mass is 16.6. The topological polar surface area (TPSA) is 82.2 Å². The summed E-state index contributed by atoms with van der Waals surface area (Å²) in [5.41, 5.74) is 0.684. The van der Waals surface area contributed by atoms with Crippen LogP contribution in [0.15, 0.2) is 0 Å². The molecular formula is C13H20N4O3. The molecule has 3 unspecified atom stereocenters. The highest BCUT2D eigenvalue weighted by molar-refractivity contribution is 5.60.